The van der Waals surface area contributed by atoms with Gasteiger partial charge in [0.2, 0.25) is 0 Å². The van der Waals surface area contributed by atoms with Crippen LogP contribution in [-0.2, 0) is 77.0 Å². The molecular formula is C100H68N12. The molecule has 16 aromatic rings. The molecule has 12 nitrogen and oxygen atoms in total. The van der Waals surface area contributed by atoms with Gasteiger partial charge in [-0.2, -0.15) is 0 Å². The zero-order chi connectivity index (χ0) is 73.0. The maximum absolute atomic E-state index is 4.76. The lowest BCUT2D eigenvalue weighted by molar-refractivity contribution is 0.952. The lowest BCUT2D eigenvalue weighted by atomic mass is 9.87. The van der Waals surface area contributed by atoms with Gasteiger partial charge in [0.1, 0.15) is 0 Å². The zero-order valence-electron chi connectivity index (χ0n) is 61.3. The van der Waals surface area contributed by atoms with Crippen molar-refractivity contribution in [3.8, 4) is 44.5 Å². The first-order valence-electron chi connectivity index (χ1n) is 39.2. The number of aromatic nitrogens is 8. The van der Waals surface area contributed by atoms with E-state index in [0.717, 1.165) is 77.0 Å². The van der Waals surface area contributed by atoms with Crippen LogP contribution in [0.5, 0.6) is 0 Å². The van der Waals surface area contributed by atoms with E-state index in [1.807, 2.05) is 86.8 Å². The van der Waals surface area contributed by atoms with E-state index in [-0.39, 0.29) is 0 Å². The predicted octanol–water partition coefficient (Wildman–Crippen LogP) is 21.3. The number of pyridine rings is 8. The van der Waals surface area contributed by atoms with E-state index in [2.05, 4.69) is 231 Å². The monoisotopic (exact) mass is 1440 g/mol. The first-order chi connectivity index (χ1) is 55.5. The number of hydrogen-bond donors (Lipinski definition) is 0. The molecule has 0 saturated heterocycles. The van der Waals surface area contributed by atoms with Gasteiger partial charge in [0.25, 0.3) is 0 Å². The molecule has 16 heterocycles. The van der Waals surface area contributed by atoms with Gasteiger partial charge in [0.05, 0.1) is 92.0 Å². The average molecular weight is 1440 g/mol. The minimum absolute atomic E-state index is 0.876. The number of rotatable bonds is 0. The molecule has 8 aromatic heterocycles. The van der Waals surface area contributed by atoms with E-state index in [9.17, 15) is 0 Å². The van der Waals surface area contributed by atoms with Gasteiger partial charge in [-0.1, -0.05) is 121 Å². The molecule has 0 spiro atoms. The summed E-state index contributed by atoms with van der Waals surface area (Å²) in [5.74, 6) is 0. The molecule has 0 fully saturated rings. The van der Waals surface area contributed by atoms with Crippen LogP contribution in [-0.4, -0.2) is 39.9 Å². The van der Waals surface area contributed by atoms with E-state index < -0.39 is 0 Å². The Bertz CT molecular complexity index is 6040. The molecule has 112 heavy (non-hydrogen) atoms. The van der Waals surface area contributed by atoms with Crippen LogP contribution in [0.1, 0.15) is 134 Å². The molecule has 0 bridgehead atoms. The normalized spacial score (nSPS) is 14.6. The summed E-state index contributed by atoms with van der Waals surface area (Å²) in [6, 6.07) is 67.4. The quantitative estimate of drug-likeness (QED) is 0.144. The van der Waals surface area contributed by atoms with Crippen molar-refractivity contribution >= 4 is 68.2 Å². The van der Waals surface area contributed by atoms with E-state index in [4.69, 9.17) is 9.97 Å². The number of hydrogen-bond acceptors (Lipinski definition) is 12. The molecule has 4 aliphatic carbocycles. The summed E-state index contributed by atoms with van der Waals surface area (Å²) in [4.78, 5) is 45.9. The molecule has 8 aromatic carbocycles. The second-order valence-corrected chi connectivity index (χ2v) is 31.8. The predicted molar refractivity (Wildman–Crippen MR) is 442 cm³/mol. The van der Waals surface area contributed by atoms with Crippen molar-refractivity contribution in [1.29, 1.82) is 0 Å². The van der Waals surface area contributed by atoms with Crippen molar-refractivity contribution in [2.45, 2.75) is 77.0 Å². The molecule has 0 N–H and O–H groups in total. The minimum Gasteiger partial charge on any atom is -0.309 e. The molecule has 0 unspecified atom stereocenters. The van der Waals surface area contributed by atoms with Crippen molar-refractivity contribution in [3.05, 3.63) is 403 Å². The van der Waals surface area contributed by atoms with Crippen LogP contribution < -0.4 is 19.6 Å². The van der Waals surface area contributed by atoms with Crippen LogP contribution in [0.25, 0.3) is 44.5 Å². The smallest absolute Gasteiger partial charge is 0.0716 e. The van der Waals surface area contributed by atoms with Gasteiger partial charge in [-0.05, 0) is 253 Å². The molecule has 12 aliphatic rings. The van der Waals surface area contributed by atoms with Gasteiger partial charge in [0.15, 0.2) is 0 Å². The second-order valence-electron chi connectivity index (χ2n) is 31.8. The van der Waals surface area contributed by atoms with E-state index >= 15 is 0 Å². The second kappa shape index (κ2) is 23.8. The van der Waals surface area contributed by atoms with E-state index in [1.54, 1.807) is 0 Å². The highest BCUT2D eigenvalue weighted by Gasteiger charge is 2.40. The third-order valence-corrected chi connectivity index (χ3v) is 25.6. The number of anilines is 12. The number of nitrogens with zero attached hydrogens (tertiary/aromatic N) is 12. The third kappa shape index (κ3) is 9.29. The Balaban J connectivity index is 0.0000000847. The van der Waals surface area contributed by atoms with Crippen LogP contribution in [0.2, 0.25) is 0 Å². The van der Waals surface area contributed by atoms with Crippen molar-refractivity contribution in [2.75, 3.05) is 19.6 Å². The first-order valence-corrected chi connectivity index (χ1v) is 39.2. The minimum atomic E-state index is 0.876. The topological polar surface area (TPSA) is 116 Å². The van der Waals surface area contributed by atoms with Crippen molar-refractivity contribution in [2.24, 2.45) is 0 Å². The summed E-state index contributed by atoms with van der Waals surface area (Å²) in [5.41, 5.74) is 58.8. The maximum atomic E-state index is 4.76. The molecule has 0 atom stereocenters. The lowest BCUT2D eigenvalue weighted by Gasteiger charge is -2.39. The van der Waals surface area contributed by atoms with Gasteiger partial charge in [-0.3, -0.25) is 39.9 Å². The van der Waals surface area contributed by atoms with Crippen LogP contribution in [0, 0.1) is 0 Å². The van der Waals surface area contributed by atoms with Crippen molar-refractivity contribution in [1.82, 2.24) is 39.9 Å². The Morgan fingerprint density at radius 1 is 0.170 bits per heavy atom. The highest BCUT2D eigenvalue weighted by Crippen LogP contribution is 2.58. The highest BCUT2D eigenvalue weighted by atomic mass is 15.2. The number of fused-ring (bicyclic) bond motifs is 28. The highest BCUT2D eigenvalue weighted by molar-refractivity contribution is 5.97. The van der Waals surface area contributed by atoms with E-state index in [0.29, 0.717) is 0 Å². The zero-order valence-corrected chi connectivity index (χ0v) is 61.3. The van der Waals surface area contributed by atoms with Crippen molar-refractivity contribution in [3.63, 3.8) is 0 Å². The van der Waals surface area contributed by atoms with Crippen molar-refractivity contribution < 1.29 is 0 Å². The van der Waals surface area contributed by atoms with Crippen LogP contribution >= 0.6 is 0 Å². The van der Waals surface area contributed by atoms with Crippen LogP contribution in [0.15, 0.2) is 269 Å². The Morgan fingerprint density at radius 3 is 0.884 bits per heavy atom. The number of benzene rings is 8. The molecular weight excluding hydrogens is 1370 g/mol. The summed E-state index contributed by atoms with van der Waals surface area (Å²) in [7, 11) is 0. The summed E-state index contributed by atoms with van der Waals surface area (Å²) >= 11 is 0. The Morgan fingerprint density at radius 2 is 0.455 bits per heavy atom. The fourth-order valence-corrected chi connectivity index (χ4v) is 20.8. The molecule has 8 aliphatic heterocycles. The summed E-state index contributed by atoms with van der Waals surface area (Å²) in [6.07, 6.45) is 39.2. The summed E-state index contributed by atoms with van der Waals surface area (Å²) in [5, 5.41) is 0. The third-order valence-electron chi connectivity index (χ3n) is 25.6. The SMILES string of the molecule is c1ccc2c(c1)Cc1cc3c(cc1-2)N1c2ccncc2Cc2ccnc(c21)C3.c1ccc2c(c1)Cc1cc3c(cc1-2)N1c2ccncc2Cc2cncc(c21)C3.c1ccc2c(c1)Cc1cc3c(cc1-2)N1c2cnccc2Cc2cncc(c21)C3.c1ccc2c(c1)Cc1cc3c(cc1-2)N1c2cnccc2Cc2nccc(c21)C3. The largest absolute Gasteiger partial charge is 0.309 e. The lowest BCUT2D eigenvalue weighted by Crippen LogP contribution is -2.25. The Kier molecular flexibility index (Phi) is 13.2. The van der Waals surface area contributed by atoms with Gasteiger partial charge in [-0.15, -0.1) is 0 Å². The Hall–Kier alpha value is -13.8. The van der Waals surface area contributed by atoms with Gasteiger partial charge in [0, 0.05) is 126 Å². The van der Waals surface area contributed by atoms with Gasteiger partial charge in [-0.25, -0.2) is 0 Å². The fraction of sp³-hybridized carbons (Fsp3) is 0.120. The average Bonchev–Trinajstić information content (AvgIpc) is 1.43. The Labute approximate surface area is 647 Å². The van der Waals surface area contributed by atoms with Gasteiger partial charge < -0.3 is 19.6 Å². The van der Waals surface area contributed by atoms with Gasteiger partial charge >= 0.3 is 0 Å². The molecule has 0 amide bonds. The maximum Gasteiger partial charge on any atom is 0.0716 e. The van der Waals surface area contributed by atoms with Crippen LogP contribution in [0.3, 0.4) is 0 Å². The molecule has 28 rings (SSSR count). The molecule has 0 saturated carbocycles. The molecule has 528 valence electrons. The van der Waals surface area contributed by atoms with E-state index in [1.165, 1.54) is 247 Å². The molecule has 0 radical (unpaired) electrons. The standard InChI is InChI=1S/4C25H17N3/c1-2-4-20-15(3-1)9-17-11-18-12-22-25-16(5-8-27-22)10-19-14-26-7-6-23(19)28(25)24(18)13-21(17)20;1-2-4-20-15(3-1)9-18-11-19-10-17-6-8-27-22-12-16-5-7-26-14-24(16)28(25(17)22)23(19)13-21(18)20;1-2-4-21-15(3-1)7-16-8-17-9-19-13-27-14-20-10-18-12-26-6-5-23(18)28(25(19)20)24(17)11-22(16)21;1-2-4-21-15(3-1)7-17-9-18-10-20-13-27-12-19-8-16-5-6-26-14-24(16)28(25(19)20)23(18)11-22(17)21/h2*1-8,11,13-14H,9-10,12H2;1-6,8,11-14H,7,9-10H2;1-6,9,11-14H,7-8,10H2. The first kappa shape index (κ1) is 62.1. The van der Waals surface area contributed by atoms with Crippen LogP contribution in [0.4, 0.5) is 68.2 Å². The fourth-order valence-electron chi connectivity index (χ4n) is 20.8. The summed E-state index contributed by atoms with van der Waals surface area (Å²) in [6.45, 7) is 0. The molecule has 12 heteroatoms. The summed E-state index contributed by atoms with van der Waals surface area (Å²) < 4.78 is 0.